The molecule has 0 saturated carbocycles. The van der Waals surface area contributed by atoms with Gasteiger partial charge in [0.25, 0.3) is 0 Å². The minimum Gasteiger partial charge on any atom is -0.444 e. The smallest absolute Gasteiger partial charge is 0.408 e. The van der Waals surface area contributed by atoms with E-state index in [9.17, 15) is 14.7 Å². The summed E-state index contributed by atoms with van der Waals surface area (Å²) in [6, 6.07) is 9.61. The lowest BCUT2D eigenvalue weighted by molar-refractivity contribution is -0.124. The van der Waals surface area contributed by atoms with Gasteiger partial charge in [0.15, 0.2) is 0 Å². The number of hydrogen-bond donors (Lipinski definition) is 3. The van der Waals surface area contributed by atoms with Crippen molar-refractivity contribution in [3.05, 3.63) is 57.8 Å². The van der Waals surface area contributed by atoms with Crippen LogP contribution < -0.4 is 10.6 Å². The first kappa shape index (κ1) is 22.8. The number of alkyl carbamates (subject to hydrolysis) is 1. The van der Waals surface area contributed by atoms with Crippen LogP contribution in [0.3, 0.4) is 0 Å². The number of nitrogens with zero attached hydrogens (tertiary/aromatic N) is 1. The van der Waals surface area contributed by atoms with E-state index in [1.165, 1.54) is 18.4 Å². The summed E-state index contributed by atoms with van der Waals surface area (Å²) in [5.41, 5.74) is 1.31. The summed E-state index contributed by atoms with van der Waals surface area (Å²) in [4.78, 5) is 31.2. The number of thiophene rings is 1. The summed E-state index contributed by atoms with van der Waals surface area (Å²) in [6.07, 6.45) is -1.47. The van der Waals surface area contributed by atoms with Crippen molar-refractivity contribution in [3.8, 4) is 0 Å². The van der Waals surface area contributed by atoms with E-state index in [4.69, 9.17) is 9.57 Å². The third-order valence-corrected chi connectivity index (χ3v) is 5.59. The molecule has 2 aromatic rings. The summed E-state index contributed by atoms with van der Waals surface area (Å²) < 4.78 is 5.33. The molecule has 0 radical (unpaired) electrons. The SMILES string of the molecule is CO/N=C1\c2sccc2[C@@H](NC(=O)[C@H](Cc2ccccc2)NC(=O)OC(C)(C)C)[C@H]1O. The van der Waals surface area contributed by atoms with Crippen LogP contribution in [-0.4, -0.2) is 47.7 Å². The number of aliphatic hydroxyl groups excluding tert-OH is 1. The number of rotatable bonds is 6. The number of nitrogens with one attached hydrogen (secondary N) is 2. The van der Waals surface area contributed by atoms with Gasteiger partial charge in [-0.3, -0.25) is 4.79 Å². The molecule has 0 saturated heterocycles. The number of ether oxygens (including phenoxy) is 1. The number of benzene rings is 1. The second-order valence-corrected chi connectivity index (χ2v) is 9.10. The van der Waals surface area contributed by atoms with Crippen LogP contribution in [0.4, 0.5) is 4.79 Å². The summed E-state index contributed by atoms with van der Waals surface area (Å²) >= 11 is 1.41. The highest BCUT2D eigenvalue weighted by molar-refractivity contribution is 7.12. The highest BCUT2D eigenvalue weighted by atomic mass is 32.1. The first-order valence-electron chi connectivity index (χ1n) is 9.90. The molecule has 9 heteroatoms. The fourth-order valence-corrected chi connectivity index (χ4v) is 4.31. The van der Waals surface area contributed by atoms with Crippen LogP contribution in [0.5, 0.6) is 0 Å². The zero-order valence-corrected chi connectivity index (χ0v) is 18.7. The Morgan fingerprint density at radius 3 is 2.58 bits per heavy atom. The minimum absolute atomic E-state index is 0.268. The summed E-state index contributed by atoms with van der Waals surface area (Å²) in [5.74, 6) is -0.436. The average Bonchev–Trinajstić information content (AvgIpc) is 3.25. The molecule has 1 aromatic carbocycles. The standard InChI is InChI=1S/C22H27N3O5S/c1-22(2,3)30-21(28)23-15(12-13-8-6-5-7-9-13)20(27)24-16-14-10-11-31-19(14)17(18(16)26)25-29-4/h5-11,15-16,18,26H,12H2,1-4H3,(H,23,28)(H,24,27)/b25-17-/t15-,16+,18+/m0/s1. The molecule has 1 aromatic heterocycles. The van der Waals surface area contributed by atoms with Crippen LogP contribution in [0, 0.1) is 0 Å². The van der Waals surface area contributed by atoms with Gasteiger partial charge in [-0.05, 0) is 43.3 Å². The second kappa shape index (κ2) is 9.49. The molecule has 1 aliphatic carbocycles. The van der Waals surface area contributed by atoms with E-state index >= 15 is 0 Å². The molecular weight excluding hydrogens is 418 g/mol. The Morgan fingerprint density at radius 1 is 1.23 bits per heavy atom. The summed E-state index contributed by atoms with van der Waals surface area (Å²) in [5, 5.41) is 22.0. The largest absolute Gasteiger partial charge is 0.444 e. The monoisotopic (exact) mass is 445 g/mol. The molecule has 166 valence electrons. The summed E-state index contributed by atoms with van der Waals surface area (Å²) in [6.45, 7) is 5.26. The van der Waals surface area contributed by atoms with Gasteiger partial charge < -0.3 is 25.3 Å². The molecule has 0 fully saturated rings. The van der Waals surface area contributed by atoms with E-state index in [0.29, 0.717) is 5.71 Å². The number of aliphatic hydroxyl groups is 1. The molecule has 2 amide bonds. The lowest BCUT2D eigenvalue weighted by Gasteiger charge is -2.25. The first-order valence-corrected chi connectivity index (χ1v) is 10.8. The Bertz CT molecular complexity index is 952. The molecule has 0 bridgehead atoms. The Balaban J connectivity index is 1.79. The van der Waals surface area contributed by atoms with Gasteiger partial charge in [0.1, 0.15) is 30.6 Å². The maximum absolute atomic E-state index is 13.2. The maximum Gasteiger partial charge on any atom is 0.408 e. The van der Waals surface area contributed by atoms with Crippen LogP contribution in [0.1, 0.15) is 42.8 Å². The van der Waals surface area contributed by atoms with E-state index < -0.39 is 35.8 Å². The molecule has 0 unspecified atom stereocenters. The molecule has 3 atom stereocenters. The predicted octanol–water partition coefficient (Wildman–Crippen LogP) is 2.77. The van der Waals surface area contributed by atoms with Crippen LogP contribution in [-0.2, 0) is 20.8 Å². The normalized spacial score (nSPS) is 20.1. The quantitative estimate of drug-likeness (QED) is 0.593. The molecule has 1 aliphatic rings. The van der Waals surface area contributed by atoms with E-state index in [-0.39, 0.29) is 6.42 Å². The molecule has 0 spiro atoms. The van der Waals surface area contributed by atoms with Crippen LogP contribution in [0.15, 0.2) is 46.9 Å². The number of amides is 2. The Hall–Kier alpha value is -2.91. The predicted molar refractivity (Wildman–Crippen MR) is 118 cm³/mol. The number of fused-ring (bicyclic) bond motifs is 1. The van der Waals surface area contributed by atoms with Crippen molar-refractivity contribution in [2.75, 3.05) is 7.11 Å². The number of carbonyl (C=O) groups excluding carboxylic acids is 2. The van der Waals surface area contributed by atoms with Crippen molar-refractivity contribution in [1.82, 2.24) is 10.6 Å². The molecule has 1 heterocycles. The third-order valence-electron chi connectivity index (χ3n) is 4.64. The van der Waals surface area contributed by atoms with Gasteiger partial charge in [-0.2, -0.15) is 0 Å². The zero-order valence-electron chi connectivity index (χ0n) is 17.9. The van der Waals surface area contributed by atoms with E-state index in [1.54, 1.807) is 20.8 Å². The zero-order chi connectivity index (χ0) is 22.6. The van der Waals surface area contributed by atoms with Crippen molar-refractivity contribution < 1.29 is 24.3 Å². The van der Waals surface area contributed by atoms with Gasteiger partial charge in [0, 0.05) is 6.42 Å². The fourth-order valence-electron chi connectivity index (χ4n) is 3.35. The summed E-state index contributed by atoms with van der Waals surface area (Å²) in [7, 11) is 1.40. The average molecular weight is 446 g/mol. The minimum atomic E-state index is -1.05. The first-order chi connectivity index (χ1) is 14.7. The molecule has 3 rings (SSSR count). The Kier molecular flexibility index (Phi) is 6.97. The molecule has 3 N–H and O–H groups in total. The van der Waals surface area contributed by atoms with E-state index in [0.717, 1.165) is 16.0 Å². The molecule has 31 heavy (non-hydrogen) atoms. The van der Waals surface area contributed by atoms with Gasteiger partial charge in [-0.15, -0.1) is 11.3 Å². The molecular formula is C22H27N3O5S. The Morgan fingerprint density at radius 2 is 1.94 bits per heavy atom. The number of hydrogen-bond acceptors (Lipinski definition) is 7. The Labute approximate surface area is 185 Å². The van der Waals surface area contributed by atoms with Crippen molar-refractivity contribution >= 4 is 29.0 Å². The topological polar surface area (TPSA) is 109 Å². The molecule has 0 aliphatic heterocycles. The van der Waals surface area contributed by atoms with Gasteiger partial charge in [0.2, 0.25) is 5.91 Å². The van der Waals surface area contributed by atoms with Crippen molar-refractivity contribution in [1.29, 1.82) is 0 Å². The van der Waals surface area contributed by atoms with Crippen LogP contribution in [0.2, 0.25) is 0 Å². The van der Waals surface area contributed by atoms with Crippen molar-refractivity contribution in [2.45, 2.75) is 51.0 Å². The van der Waals surface area contributed by atoms with Gasteiger partial charge in [-0.25, -0.2) is 4.79 Å². The van der Waals surface area contributed by atoms with Crippen LogP contribution >= 0.6 is 11.3 Å². The highest BCUT2D eigenvalue weighted by Crippen LogP contribution is 2.36. The van der Waals surface area contributed by atoms with Gasteiger partial charge in [0.05, 0.1) is 10.9 Å². The van der Waals surface area contributed by atoms with Crippen molar-refractivity contribution in [2.24, 2.45) is 5.16 Å². The fraction of sp³-hybridized carbons (Fsp3) is 0.409. The third kappa shape index (κ3) is 5.62. The lowest BCUT2D eigenvalue weighted by atomic mass is 10.0. The number of oxime groups is 1. The van der Waals surface area contributed by atoms with Crippen molar-refractivity contribution in [3.63, 3.8) is 0 Å². The second-order valence-electron chi connectivity index (χ2n) is 8.18. The van der Waals surface area contributed by atoms with E-state index in [2.05, 4.69) is 15.8 Å². The van der Waals surface area contributed by atoms with Gasteiger partial charge in [-0.1, -0.05) is 35.5 Å². The van der Waals surface area contributed by atoms with E-state index in [1.807, 2.05) is 41.8 Å². The number of carbonyl (C=O) groups is 2. The van der Waals surface area contributed by atoms with Gasteiger partial charge >= 0.3 is 6.09 Å². The highest BCUT2D eigenvalue weighted by Gasteiger charge is 2.40. The maximum atomic E-state index is 13.2. The lowest BCUT2D eigenvalue weighted by Crippen LogP contribution is -2.51. The van der Waals surface area contributed by atoms with Crippen LogP contribution in [0.25, 0.3) is 0 Å². The molecule has 8 nitrogen and oxygen atoms in total.